The molecular formula is C51H84O6. The highest BCUT2D eigenvalue weighted by atomic mass is 16.6. The van der Waals surface area contributed by atoms with Gasteiger partial charge >= 0.3 is 17.9 Å². The number of rotatable bonds is 40. The lowest BCUT2D eigenvalue weighted by atomic mass is 10.1. The zero-order valence-corrected chi connectivity index (χ0v) is 36.8. The lowest BCUT2D eigenvalue weighted by molar-refractivity contribution is -0.167. The van der Waals surface area contributed by atoms with E-state index in [-0.39, 0.29) is 37.5 Å². The van der Waals surface area contributed by atoms with Crippen LogP contribution in [0.3, 0.4) is 0 Å². The largest absolute Gasteiger partial charge is 0.462 e. The Morgan fingerprint density at radius 3 is 1.32 bits per heavy atom. The van der Waals surface area contributed by atoms with Crippen LogP contribution in [0.1, 0.15) is 201 Å². The fraction of sp³-hybridized carbons (Fsp3) is 0.667. The van der Waals surface area contributed by atoms with E-state index in [1.54, 1.807) is 0 Å². The SMILES string of the molecule is CC\C=C/C=C\C=C/CCCCCCCC(=O)OC(COC(=O)CCC/C=C\C/C=C\C/C=C\C/C=C\CCCCC)COC(=O)CCCCCCCCCCC. The molecule has 0 N–H and O–H groups in total. The van der Waals surface area contributed by atoms with E-state index in [0.717, 1.165) is 89.9 Å². The topological polar surface area (TPSA) is 78.9 Å². The lowest BCUT2D eigenvalue weighted by Gasteiger charge is -2.18. The second-order valence-corrected chi connectivity index (χ2v) is 15.0. The summed E-state index contributed by atoms with van der Waals surface area (Å²) in [6, 6.07) is 0. The van der Waals surface area contributed by atoms with Gasteiger partial charge in [0.15, 0.2) is 6.10 Å². The maximum absolute atomic E-state index is 12.7. The molecule has 0 amide bonds. The van der Waals surface area contributed by atoms with Crippen LogP contribution in [0.15, 0.2) is 85.1 Å². The van der Waals surface area contributed by atoms with Crippen LogP contribution in [0, 0.1) is 0 Å². The number of hydrogen-bond donors (Lipinski definition) is 0. The van der Waals surface area contributed by atoms with Crippen molar-refractivity contribution in [1.29, 1.82) is 0 Å². The Labute approximate surface area is 350 Å². The molecule has 0 aliphatic rings. The van der Waals surface area contributed by atoms with Gasteiger partial charge in [0.1, 0.15) is 13.2 Å². The van der Waals surface area contributed by atoms with E-state index in [0.29, 0.717) is 19.3 Å². The van der Waals surface area contributed by atoms with Crippen LogP contribution in [0.2, 0.25) is 0 Å². The number of hydrogen-bond acceptors (Lipinski definition) is 6. The van der Waals surface area contributed by atoms with Crippen LogP contribution in [0.4, 0.5) is 0 Å². The maximum atomic E-state index is 12.7. The molecule has 0 rings (SSSR count). The number of carbonyl (C=O) groups excluding carboxylic acids is 3. The van der Waals surface area contributed by atoms with Gasteiger partial charge in [0, 0.05) is 19.3 Å². The summed E-state index contributed by atoms with van der Waals surface area (Å²) in [6.07, 6.45) is 57.1. The van der Waals surface area contributed by atoms with E-state index in [4.69, 9.17) is 14.2 Å². The fourth-order valence-electron chi connectivity index (χ4n) is 5.96. The Bertz CT molecular complexity index is 1140. The van der Waals surface area contributed by atoms with Gasteiger partial charge in [-0.15, -0.1) is 0 Å². The molecule has 0 bridgehead atoms. The number of allylic oxidation sites excluding steroid dienone is 14. The molecule has 6 nitrogen and oxygen atoms in total. The standard InChI is InChI=1S/C51H84O6/c1-4-7-10-13-16-19-21-23-24-25-26-28-29-32-35-38-41-44-50(53)56-47-48(46-55-49(52)43-40-37-34-31-18-15-12-9-6-3)57-51(54)45-42-39-36-33-30-27-22-20-17-14-11-8-5-2/h8,11,14,16-17,19-20,22-24,26,28,32,35,48H,4-7,9-10,12-13,15,18,21,25,27,29-31,33-34,36-47H2,1-3H3/b11-8-,17-14-,19-16-,22-20-,24-23-,28-26-,35-32-. The van der Waals surface area contributed by atoms with Gasteiger partial charge in [0.05, 0.1) is 0 Å². The summed E-state index contributed by atoms with van der Waals surface area (Å²) >= 11 is 0. The first-order valence-electron chi connectivity index (χ1n) is 23.1. The average molecular weight is 793 g/mol. The van der Waals surface area contributed by atoms with Crippen LogP contribution < -0.4 is 0 Å². The molecular weight excluding hydrogens is 709 g/mol. The summed E-state index contributed by atoms with van der Waals surface area (Å²) < 4.78 is 16.6. The summed E-state index contributed by atoms with van der Waals surface area (Å²) in [5.74, 6) is -0.992. The molecule has 0 aromatic carbocycles. The molecule has 0 radical (unpaired) electrons. The molecule has 0 aromatic rings. The van der Waals surface area contributed by atoms with E-state index in [1.165, 1.54) is 64.2 Å². The average Bonchev–Trinajstić information content (AvgIpc) is 3.21. The first kappa shape index (κ1) is 53.6. The number of unbranched alkanes of at least 4 members (excludes halogenated alkanes) is 17. The van der Waals surface area contributed by atoms with Crippen LogP contribution in [0.25, 0.3) is 0 Å². The third kappa shape index (κ3) is 43.6. The van der Waals surface area contributed by atoms with Gasteiger partial charge in [-0.25, -0.2) is 0 Å². The number of esters is 3. The molecule has 0 fully saturated rings. The van der Waals surface area contributed by atoms with Gasteiger partial charge < -0.3 is 14.2 Å². The Morgan fingerprint density at radius 2 is 0.772 bits per heavy atom. The van der Waals surface area contributed by atoms with Crippen molar-refractivity contribution in [3.63, 3.8) is 0 Å². The second-order valence-electron chi connectivity index (χ2n) is 15.0. The minimum absolute atomic E-state index is 0.102. The van der Waals surface area contributed by atoms with Crippen LogP contribution >= 0.6 is 0 Å². The maximum Gasteiger partial charge on any atom is 0.306 e. The molecule has 1 unspecified atom stereocenters. The van der Waals surface area contributed by atoms with Gasteiger partial charge in [-0.2, -0.15) is 0 Å². The van der Waals surface area contributed by atoms with Crippen molar-refractivity contribution in [3.05, 3.63) is 85.1 Å². The summed E-state index contributed by atoms with van der Waals surface area (Å²) in [5, 5.41) is 0. The predicted molar refractivity (Wildman–Crippen MR) is 242 cm³/mol. The molecule has 324 valence electrons. The smallest absolute Gasteiger partial charge is 0.306 e. The van der Waals surface area contributed by atoms with Crippen molar-refractivity contribution in [2.24, 2.45) is 0 Å². The van der Waals surface area contributed by atoms with Crippen molar-refractivity contribution in [1.82, 2.24) is 0 Å². The molecule has 57 heavy (non-hydrogen) atoms. The summed E-state index contributed by atoms with van der Waals surface area (Å²) in [7, 11) is 0. The molecule has 1 atom stereocenters. The van der Waals surface area contributed by atoms with Crippen molar-refractivity contribution in [3.8, 4) is 0 Å². The summed E-state index contributed by atoms with van der Waals surface area (Å²) in [6.45, 7) is 6.37. The molecule has 0 saturated carbocycles. The zero-order valence-electron chi connectivity index (χ0n) is 36.8. The summed E-state index contributed by atoms with van der Waals surface area (Å²) in [5.41, 5.74) is 0. The van der Waals surface area contributed by atoms with Crippen molar-refractivity contribution in [2.45, 2.75) is 207 Å². The lowest BCUT2D eigenvalue weighted by Crippen LogP contribution is -2.30. The summed E-state index contributed by atoms with van der Waals surface area (Å²) in [4.78, 5) is 37.7. The molecule has 0 saturated heterocycles. The minimum atomic E-state index is -0.805. The van der Waals surface area contributed by atoms with Crippen molar-refractivity contribution >= 4 is 17.9 Å². The van der Waals surface area contributed by atoms with E-state index in [1.807, 2.05) is 6.08 Å². The quantitative estimate of drug-likeness (QED) is 0.0202. The first-order chi connectivity index (χ1) is 28.0. The predicted octanol–water partition coefficient (Wildman–Crippen LogP) is 14.9. The monoisotopic (exact) mass is 793 g/mol. The minimum Gasteiger partial charge on any atom is -0.462 e. The van der Waals surface area contributed by atoms with Crippen LogP contribution in [-0.2, 0) is 28.6 Å². The third-order valence-corrected chi connectivity index (χ3v) is 9.45. The first-order valence-corrected chi connectivity index (χ1v) is 23.1. The van der Waals surface area contributed by atoms with Gasteiger partial charge in [-0.3, -0.25) is 14.4 Å². The molecule has 0 heterocycles. The van der Waals surface area contributed by atoms with Gasteiger partial charge in [0.2, 0.25) is 0 Å². The van der Waals surface area contributed by atoms with E-state index >= 15 is 0 Å². The van der Waals surface area contributed by atoms with Gasteiger partial charge in [-0.05, 0) is 77.0 Å². The molecule has 0 aromatic heterocycles. The Balaban J connectivity index is 4.48. The van der Waals surface area contributed by atoms with E-state index < -0.39 is 6.10 Å². The van der Waals surface area contributed by atoms with E-state index in [2.05, 4.69) is 99.8 Å². The van der Waals surface area contributed by atoms with Crippen LogP contribution in [0.5, 0.6) is 0 Å². The Hall–Kier alpha value is -3.41. The highest BCUT2D eigenvalue weighted by Crippen LogP contribution is 2.13. The number of ether oxygens (including phenoxy) is 3. The zero-order chi connectivity index (χ0) is 41.5. The highest BCUT2D eigenvalue weighted by Gasteiger charge is 2.19. The molecule has 0 aliphatic carbocycles. The van der Waals surface area contributed by atoms with Crippen LogP contribution in [-0.4, -0.2) is 37.2 Å². The van der Waals surface area contributed by atoms with E-state index in [9.17, 15) is 14.4 Å². The number of carbonyl (C=O) groups is 3. The van der Waals surface area contributed by atoms with Gasteiger partial charge in [0.25, 0.3) is 0 Å². The molecule has 0 spiro atoms. The van der Waals surface area contributed by atoms with Crippen molar-refractivity contribution in [2.75, 3.05) is 13.2 Å². The molecule has 0 aliphatic heterocycles. The van der Waals surface area contributed by atoms with Gasteiger partial charge in [-0.1, -0.05) is 189 Å². The highest BCUT2D eigenvalue weighted by molar-refractivity contribution is 5.71. The Morgan fingerprint density at radius 1 is 0.386 bits per heavy atom. The van der Waals surface area contributed by atoms with Crippen molar-refractivity contribution < 1.29 is 28.6 Å². The molecule has 6 heteroatoms. The second kappa shape index (κ2) is 45.3. The third-order valence-electron chi connectivity index (χ3n) is 9.45. The fourth-order valence-corrected chi connectivity index (χ4v) is 5.96. The Kier molecular flexibility index (Phi) is 42.6. The normalized spacial score (nSPS) is 12.8.